The van der Waals surface area contributed by atoms with Crippen molar-refractivity contribution in [3.63, 3.8) is 0 Å². The number of aliphatic carboxylic acids is 1. The van der Waals surface area contributed by atoms with E-state index in [0.29, 0.717) is 11.8 Å². The van der Waals surface area contributed by atoms with E-state index in [-0.39, 0.29) is 17.1 Å². The van der Waals surface area contributed by atoms with Crippen LogP contribution in [0.4, 0.5) is 0 Å². The molecule has 2 aliphatic carbocycles. The second-order valence-corrected chi connectivity index (χ2v) is 9.32. The maximum atomic E-state index is 12.0. The van der Waals surface area contributed by atoms with Crippen molar-refractivity contribution in [2.45, 2.75) is 79.1 Å². The Morgan fingerprint density at radius 1 is 1.35 bits per heavy atom. The van der Waals surface area contributed by atoms with Gasteiger partial charge in [0.05, 0.1) is 5.41 Å². The van der Waals surface area contributed by atoms with Crippen molar-refractivity contribution in [3.05, 3.63) is 24.3 Å². The topological polar surface area (TPSA) is 54.4 Å². The van der Waals surface area contributed by atoms with Gasteiger partial charge in [0.15, 0.2) is 5.78 Å². The number of hydrogen-bond acceptors (Lipinski definition) is 2. The number of carboxylic acids is 1. The van der Waals surface area contributed by atoms with E-state index >= 15 is 0 Å². The largest absolute Gasteiger partial charge is 0.481 e. The van der Waals surface area contributed by atoms with Gasteiger partial charge < -0.3 is 5.11 Å². The Bertz CT molecular complexity index is 590. The Balaban J connectivity index is 2.10. The summed E-state index contributed by atoms with van der Waals surface area (Å²) in [6, 6.07) is 0. The molecule has 26 heavy (non-hydrogen) atoms. The third-order valence-electron chi connectivity index (χ3n) is 7.35. The molecule has 0 aromatic rings. The van der Waals surface area contributed by atoms with Crippen molar-refractivity contribution in [1.82, 2.24) is 0 Å². The van der Waals surface area contributed by atoms with Gasteiger partial charge in [-0.1, -0.05) is 38.5 Å². The van der Waals surface area contributed by atoms with Gasteiger partial charge in [0.2, 0.25) is 0 Å². The Labute approximate surface area is 158 Å². The maximum absolute atomic E-state index is 12.0. The van der Waals surface area contributed by atoms with E-state index < -0.39 is 11.4 Å². The van der Waals surface area contributed by atoms with Gasteiger partial charge >= 0.3 is 5.97 Å². The lowest BCUT2D eigenvalue weighted by Crippen LogP contribution is -2.53. The molecule has 146 valence electrons. The predicted octanol–water partition coefficient (Wildman–Crippen LogP) is 5.80. The first kappa shape index (κ1) is 20.9. The van der Waals surface area contributed by atoms with Crippen LogP contribution in [0.15, 0.2) is 24.3 Å². The fourth-order valence-corrected chi connectivity index (χ4v) is 5.77. The number of allylic oxidation sites excluding steroid dienone is 3. The third-order valence-corrected chi connectivity index (χ3v) is 7.35. The number of carboxylic acid groups (broad SMARTS) is 1. The molecule has 3 nitrogen and oxygen atoms in total. The van der Waals surface area contributed by atoms with E-state index in [0.717, 1.165) is 51.4 Å². The summed E-state index contributed by atoms with van der Waals surface area (Å²) in [5.74, 6) is 0.659. The predicted molar refractivity (Wildman–Crippen MR) is 106 cm³/mol. The van der Waals surface area contributed by atoms with Crippen molar-refractivity contribution in [2.24, 2.45) is 28.6 Å². The summed E-state index contributed by atoms with van der Waals surface area (Å²) in [6.07, 6.45) is 11.6. The summed E-state index contributed by atoms with van der Waals surface area (Å²) in [6.45, 7) is 12.5. The highest BCUT2D eigenvalue weighted by Crippen LogP contribution is 2.62. The fraction of sp³-hybridized carbons (Fsp3) is 0.739. The first-order valence-corrected chi connectivity index (χ1v) is 10.2. The normalized spacial score (nSPS) is 35.9. The van der Waals surface area contributed by atoms with Crippen molar-refractivity contribution in [1.29, 1.82) is 0 Å². The highest BCUT2D eigenvalue weighted by Gasteiger charge is 2.57. The summed E-state index contributed by atoms with van der Waals surface area (Å²) in [7, 11) is 0. The van der Waals surface area contributed by atoms with Gasteiger partial charge in [-0.15, -0.1) is 0 Å². The van der Waals surface area contributed by atoms with Crippen molar-refractivity contribution in [3.8, 4) is 0 Å². The minimum absolute atomic E-state index is 0.0513. The van der Waals surface area contributed by atoms with Crippen LogP contribution in [0.25, 0.3) is 0 Å². The fourth-order valence-electron chi connectivity index (χ4n) is 5.77. The van der Waals surface area contributed by atoms with E-state index in [1.807, 2.05) is 13.0 Å². The molecule has 0 aromatic heterocycles. The first-order valence-electron chi connectivity index (χ1n) is 10.2. The molecule has 2 fully saturated rings. The lowest BCUT2D eigenvalue weighted by Gasteiger charge is -2.57. The molecule has 0 heterocycles. The molecule has 1 N–H and O–H groups in total. The molecule has 0 bridgehead atoms. The zero-order valence-electron chi connectivity index (χ0n) is 17.0. The second-order valence-electron chi connectivity index (χ2n) is 9.32. The van der Waals surface area contributed by atoms with Crippen molar-refractivity contribution < 1.29 is 14.7 Å². The molecule has 5 unspecified atom stereocenters. The maximum Gasteiger partial charge on any atom is 0.309 e. The monoisotopic (exact) mass is 360 g/mol. The van der Waals surface area contributed by atoms with Crippen LogP contribution in [0.1, 0.15) is 79.1 Å². The van der Waals surface area contributed by atoms with Gasteiger partial charge in [0, 0.05) is 0 Å². The SMILES string of the molecule is C=C1CCC2C(C)(C(=O)O)CCCC2(C)C1CCC(C)CC=CC(C)=O. The van der Waals surface area contributed by atoms with Gasteiger partial charge in [-0.05, 0) is 88.0 Å². The number of carbonyl (C=O) groups excluding carboxylic acids is 1. The molecule has 5 atom stereocenters. The van der Waals surface area contributed by atoms with Crippen LogP contribution in [0, 0.1) is 28.6 Å². The second kappa shape index (κ2) is 8.10. The quantitative estimate of drug-likeness (QED) is 0.461. The van der Waals surface area contributed by atoms with Crippen LogP contribution >= 0.6 is 0 Å². The number of ketones is 1. The van der Waals surface area contributed by atoms with Gasteiger partial charge in [-0.3, -0.25) is 9.59 Å². The average Bonchev–Trinajstić information content (AvgIpc) is 2.53. The van der Waals surface area contributed by atoms with E-state index in [4.69, 9.17) is 0 Å². The van der Waals surface area contributed by atoms with Crippen molar-refractivity contribution >= 4 is 11.8 Å². The highest BCUT2D eigenvalue weighted by atomic mass is 16.4. The van der Waals surface area contributed by atoms with Crippen LogP contribution in [0.5, 0.6) is 0 Å². The molecule has 0 spiro atoms. The summed E-state index contributed by atoms with van der Waals surface area (Å²) >= 11 is 0. The molecule has 3 heteroatoms. The van der Waals surface area contributed by atoms with E-state index in [1.54, 1.807) is 13.0 Å². The number of carbonyl (C=O) groups is 2. The standard InChI is InChI=1S/C23H36O3/c1-16(8-6-9-18(3)24)10-12-19-17(2)11-13-20-22(19,4)14-7-15-23(20,5)21(25)26/h6,9,16,19-20H,2,7-8,10-15H2,1,3-5H3,(H,25,26). The Hall–Kier alpha value is -1.38. The van der Waals surface area contributed by atoms with E-state index in [9.17, 15) is 14.7 Å². The first-order chi connectivity index (χ1) is 12.1. The molecular weight excluding hydrogens is 324 g/mol. The number of hydrogen-bond donors (Lipinski definition) is 1. The molecular formula is C23H36O3. The summed E-state index contributed by atoms with van der Waals surface area (Å²) < 4.78 is 0. The lowest BCUT2D eigenvalue weighted by atomic mass is 9.46. The van der Waals surface area contributed by atoms with Crippen LogP contribution in [0.3, 0.4) is 0 Å². The van der Waals surface area contributed by atoms with E-state index in [2.05, 4.69) is 20.4 Å². The molecule has 2 rings (SSSR count). The van der Waals surface area contributed by atoms with Crippen LogP contribution < -0.4 is 0 Å². The van der Waals surface area contributed by atoms with Gasteiger partial charge in [0.1, 0.15) is 0 Å². The number of rotatable bonds is 7. The Morgan fingerprint density at radius 3 is 2.65 bits per heavy atom. The van der Waals surface area contributed by atoms with Crippen LogP contribution in [-0.2, 0) is 9.59 Å². The van der Waals surface area contributed by atoms with Crippen LogP contribution in [0.2, 0.25) is 0 Å². The zero-order valence-corrected chi connectivity index (χ0v) is 17.0. The lowest BCUT2D eigenvalue weighted by molar-refractivity contribution is -0.164. The molecule has 2 aliphatic rings. The van der Waals surface area contributed by atoms with Gasteiger partial charge in [-0.2, -0.15) is 0 Å². The number of fused-ring (bicyclic) bond motifs is 1. The minimum Gasteiger partial charge on any atom is -0.481 e. The molecule has 0 radical (unpaired) electrons. The average molecular weight is 361 g/mol. The van der Waals surface area contributed by atoms with Crippen LogP contribution in [-0.4, -0.2) is 16.9 Å². The van der Waals surface area contributed by atoms with Crippen molar-refractivity contribution in [2.75, 3.05) is 0 Å². The van der Waals surface area contributed by atoms with E-state index in [1.165, 1.54) is 5.57 Å². The Kier molecular flexibility index (Phi) is 6.52. The zero-order chi connectivity index (χ0) is 19.5. The van der Waals surface area contributed by atoms with Gasteiger partial charge in [-0.25, -0.2) is 0 Å². The Morgan fingerprint density at radius 2 is 2.04 bits per heavy atom. The smallest absolute Gasteiger partial charge is 0.309 e. The molecule has 2 saturated carbocycles. The van der Waals surface area contributed by atoms with Gasteiger partial charge in [0.25, 0.3) is 0 Å². The minimum atomic E-state index is -0.623. The molecule has 0 aliphatic heterocycles. The summed E-state index contributed by atoms with van der Waals surface area (Å²) in [5, 5.41) is 9.91. The molecule has 0 saturated heterocycles. The highest BCUT2D eigenvalue weighted by molar-refractivity contribution is 5.87. The molecule has 0 amide bonds. The summed E-state index contributed by atoms with van der Waals surface area (Å²) in [4.78, 5) is 23.1. The summed E-state index contributed by atoms with van der Waals surface area (Å²) in [5.41, 5.74) is 0.780. The third kappa shape index (κ3) is 4.13. The molecule has 0 aromatic carbocycles.